The van der Waals surface area contributed by atoms with Crippen LogP contribution in [0.25, 0.3) is 6.08 Å². The molecule has 2 heteroatoms. The van der Waals surface area contributed by atoms with Crippen molar-refractivity contribution in [3.8, 4) is 5.75 Å². The van der Waals surface area contributed by atoms with Crippen LogP contribution < -0.4 is 0 Å². The number of aromatic hydroxyl groups is 1. The molecule has 0 fully saturated rings. The van der Waals surface area contributed by atoms with E-state index in [4.69, 9.17) is 0 Å². The summed E-state index contributed by atoms with van der Waals surface area (Å²) in [5.74, 6) is -0.0544. The third kappa shape index (κ3) is 7.42. The summed E-state index contributed by atoms with van der Waals surface area (Å²) in [5.41, 5.74) is 2.38. The number of aryl methyl sites for hydroxylation is 1. The average molecular weight is 365 g/mol. The predicted molar refractivity (Wildman–Crippen MR) is 114 cm³/mol. The van der Waals surface area contributed by atoms with E-state index in [9.17, 15) is 9.90 Å². The van der Waals surface area contributed by atoms with Gasteiger partial charge in [0.2, 0.25) is 0 Å². The van der Waals surface area contributed by atoms with E-state index in [0.717, 1.165) is 24.0 Å². The Labute approximate surface area is 163 Å². The fraction of sp³-hybridized carbons (Fsp3) is 0.400. The van der Waals surface area contributed by atoms with E-state index >= 15 is 0 Å². The quantitative estimate of drug-likeness (QED) is 0.251. The lowest BCUT2D eigenvalue weighted by atomic mass is 9.96. The highest BCUT2D eigenvalue weighted by Crippen LogP contribution is 2.24. The predicted octanol–water partition coefficient (Wildman–Crippen LogP) is 6.97. The Balaban J connectivity index is 1.89. The van der Waals surface area contributed by atoms with Crippen LogP contribution in [0.2, 0.25) is 0 Å². The SMILES string of the molecule is CCCCCCCCCCc1cccc(O)c1C(=O)C=Cc1ccccc1. The molecule has 0 unspecified atom stereocenters. The van der Waals surface area contributed by atoms with Crippen molar-refractivity contribution >= 4 is 11.9 Å². The van der Waals surface area contributed by atoms with Gasteiger partial charge in [0.05, 0.1) is 5.56 Å². The first kappa shape index (κ1) is 21.0. The zero-order valence-electron chi connectivity index (χ0n) is 16.5. The maximum absolute atomic E-state index is 12.6. The van der Waals surface area contributed by atoms with Crippen molar-refractivity contribution in [3.63, 3.8) is 0 Å². The van der Waals surface area contributed by atoms with Crippen LogP contribution in [-0.2, 0) is 6.42 Å². The molecule has 0 bridgehead atoms. The molecule has 0 heterocycles. The minimum Gasteiger partial charge on any atom is -0.507 e. The molecule has 144 valence electrons. The number of carbonyl (C=O) groups excluding carboxylic acids is 1. The number of unbranched alkanes of at least 4 members (excludes halogenated alkanes) is 7. The topological polar surface area (TPSA) is 37.3 Å². The lowest BCUT2D eigenvalue weighted by molar-refractivity contribution is 0.104. The van der Waals surface area contributed by atoms with Gasteiger partial charge < -0.3 is 5.11 Å². The number of phenols is 1. The molecular weight excluding hydrogens is 332 g/mol. The summed E-state index contributed by atoms with van der Waals surface area (Å²) in [5, 5.41) is 10.2. The molecule has 0 aliphatic rings. The first-order chi connectivity index (χ1) is 13.2. The van der Waals surface area contributed by atoms with Gasteiger partial charge in [0.1, 0.15) is 5.75 Å². The Hall–Kier alpha value is -2.35. The van der Waals surface area contributed by atoms with E-state index in [1.54, 1.807) is 18.2 Å². The maximum Gasteiger partial charge on any atom is 0.189 e. The second-order valence-electron chi connectivity index (χ2n) is 7.14. The van der Waals surface area contributed by atoms with E-state index in [2.05, 4.69) is 6.92 Å². The summed E-state index contributed by atoms with van der Waals surface area (Å²) >= 11 is 0. The number of benzene rings is 2. The minimum atomic E-state index is -0.133. The molecular formula is C25H32O2. The number of hydrogen-bond donors (Lipinski definition) is 1. The van der Waals surface area contributed by atoms with Crippen LogP contribution in [0.5, 0.6) is 5.75 Å². The van der Waals surface area contributed by atoms with Crippen LogP contribution in [-0.4, -0.2) is 10.9 Å². The van der Waals surface area contributed by atoms with Gasteiger partial charge in [-0.3, -0.25) is 4.79 Å². The third-order valence-electron chi connectivity index (χ3n) is 4.90. The third-order valence-corrected chi connectivity index (χ3v) is 4.90. The molecule has 0 spiro atoms. The highest BCUT2D eigenvalue weighted by molar-refractivity contribution is 6.09. The first-order valence-electron chi connectivity index (χ1n) is 10.3. The smallest absolute Gasteiger partial charge is 0.189 e. The highest BCUT2D eigenvalue weighted by atomic mass is 16.3. The van der Waals surface area contributed by atoms with E-state index in [1.807, 2.05) is 42.5 Å². The molecule has 0 amide bonds. The number of allylic oxidation sites excluding steroid dienone is 1. The molecule has 27 heavy (non-hydrogen) atoms. The summed E-state index contributed by atoms with van der Waals surface area (Å²) in [6, 6.07) is 15.1. The number of hydrogen-bond acceptors (Lipinski definition) is 2. The van der Waals surface area contributed by atoms with E-state index in [0.29, 0.717) is 5.56 Å². The van der Waals surface area contributed by atoms with Crippen LogP contribution in [0, 0.1) is 0 Å². The number of rotatable bonds is 12. The van der Waals surface area contributed by atoms with Gasteiger partial charge in [0, 0.05) is 0 Å². The van der Waals surface area contributed by atoms with Gasteiger partial charge in [-0.25, -0.2) is 0 Å². The molecule has 0 aromatic heterocycles. The molecule has 2 rings (SSSR count). The van der Waals surface area contributed by atoms with Gasteiger partial charge in [-0.15, -0.1) is 0 Å². The zero-order chi connectivity index (χ0) is 19.3. The van der Waals surface area contributed by atoms with Crippen molar-refractivity contribution in [1.29, 1.82) is 0 Å². The number of carbonyl (C=O) groups is 1. The Morgan fingerprint density at radius 2 is 1.52 bits per heavy atom. The van der Waals surface area contributed by atoms with Crippen LogP contribution in [0.4, 0.5) is 0 Å². The summed E-state index contributed by atoms with van der Waals surface area (Å²) in [6.07, 6.45) is 14.3. The molecule has 0 saturated carbocycles. The van der Waals surface area contributed by atoms with Crippen molar-refractivity contribution < 1.29 is 9.90 Å². The molecule has 2 aromatic rings. The number of ketones is 1. The van der Waals surface area contributed by atoms with Crippen LogP contribution in [0.3, 0.4) is 0 Å². The normalized spacial score (nSPS) is 11.1. The molecule has 0 aliphatic carbocycles. The zero-order valence-corrected chi connectivity index (χ0v) is 16.5. The van der Waals surface area contributed by atoms with Gasteiger partial charge >= 0.3 is 0 Å². The lowest BCUT2D eigenvalue weighted by Crippen LogP contribution is -2.02. The Morgan fingerprint density at radius 1 is 0.852 bits per heavy atom. The maximum atomic E-state index is 12.6. The van der Waals surface area contributed by atoms with Crippen molar-refractivity contribution in [3.05, 3.63) is 71.3 Å². The molecule has 2 aromatic carbocycles. The standard InChI is InChI=1S/C25H32O2/c1-2-3-4-5-6-7-8-12-16-22-17-13-18-23(26)25(22)24(27)20-19-21-14-10-9-11-15-21/h9-11,13-15,17-20,26H,2-8,12,16H2,1H3. The van der Waals surface area contributed by atoms with Gasteiger partial charge in [-0.1, -0.05) is 100 Å². The summed E-state index contributed by atoms with van der Waals surface area (Å²) in [4.78, 5) is 12.6. The monoisotopic (exact) mass is 364 g/mol. The fourth-order valence-electron chi connectivity index (χ4n) is 3.35. The molecule has 0 aliphatic heterocycles. The second kappa shape index (κ2) is 12.1. The first-order valence-corrected chi connectivity index (χ1v) is 10.3. The fourth-order valence-corrected chi connectivity index (χ4v) is 3.35. The Kier molecular flexibility index (Phi) is 9.40. The van der Waals surface area contributed by atoms with Gasteiger partial charge in [-0.2, -0.15) is 0 Å². The molecule has 0 saturated heterocycles. The molecule has 0 radical (unpaired) electrons. The highest BCUT2D eigenvalue weighted by Gasteiger charge is 2.13. The van der Waals surface area contributed by atoms with Crippen LogP contribution in [0.15, 0.2) is 54.6 Å². The Bertz CT molecular complexity index is 716. The van der Waals surface area contributed by atoms with E-state index in [1.165, 1.54) is 44.9 Å². The lowest BCUT2D eigenvalue weighted by Gasteiger charge is -2.09. The minimum absolute atomic E-state index is 0.0785. The van der Waals surface area contributed by atoms with Crippen molar-refractivity contribution in [2.75, 3.05) is 0 Å². The summed E-state index contributed by atoms with van der Waals surface area (Å²) < 4.78 is 0. The van der Waals surface area contributed by atoms with Gasteiger partial charge in [0.15, 0.2) is 5.78 Å². The van der Waals surface area contributed by atoms with Crippen LogP contribution >= 0.6 is 0 Å². The van der Waals surface area contributed by atoms with E-state index in [-0.39, 0.29) is 11.5 Å². The van der Waals surface area contributed by atoms with Gasteiger partial charge in [-0.05, 0) is 36.1 Å². The van der Waals surface area contributed by atoms with Crippen molar-refractivity contribution in [2.24, 2.45) is 0 Å². The average Bonchev–Trinajstić information content (AvgIpc) is 2.69. The van der Waals surface area contributed by atoms with Gasteiger partial charge in [0.25, 0.3) is 0 Å². The van der Waals surface area contributed by atoms with E-state index < -0.39 is 0 Å². The number of phenolic OH excluding ortho intramolecular Hbond substituents is 1. The molecule has 2 nitrogen and oxygen atoms in total. The summed E-state index contributed by atoms with van der Waals surface area (Å²) in [6.45, 7) is 2.24. The van der Waals surface area contributed by atoms with Crippen molar-refractivity contribution in [2.45, 2.75) is 64.7 Å². The second-order valence-corrected chi connectivity index (χ2v) is 7.14. The molecule has 1 N–H and O–H groups in total. The molecule has 0 atom stereocenters. The van der Waals surface area contributed by atoms with Crippen molar-refractivity contribution in [1.82, 2.24) is 0 Å². The largest absolute Gasteiger partial charge is 0.507 e. The Morgan fingerprint density at radius 3 is 2.22 bits per heavy atom. The van der Waals surface area contributed by atoms with Crippen LogP contribution in [0.1, 0.15) is 79.8 Å². The summed E-state index contributed by atoms with van der Waals surface area (Å²) in [7, 11) is 0.